The van der Waals surface area contributed by atoms with Gasteiger partial charge in [0.15, 0.2) is 0 Å². The largest absolute Gasteiger partial charge is 0.468 e. The van der Waals surface area contributed by atoms with E-state index in [2.05, 4.69) is 10.2 Å². The van der Waals surface area contributed by atoms with Crippen molar-refractivity contribution in [1.82, 2.24) is 14.8 Å². The lowest BCUT2D eigenvalue weighted by Gasteiger charge is -2.13. The van der Waals surface area contributed by atoms with E-state index in [4.69, 9.17) is 9.47 Å². The van der Waals surface area contributed by atoms with Crippen LogP contribution in [0.2, 0.25) is 0 Å². The molecule has 0 bridgehead atoms. The predicted octanol–water partition coefficient (Wildman–Crippen LogP) is 0.129. The molecule has 0 N–H and O–H groups in total. The van der Waals surface area contributed by atoms with Crippen LogP contribution < -0.4 is 0 Å². The molecule has 1 aromatic heterocycles. The van der Waals surface area contributed by atoms with Crippen molar-refractivity contribution in [3.8, 4) is 0 Å². The van der Waals surface area contributed by atoms with Crippen LogP contribution in [0.15, 0.2) is 6.33 Å². The number of nitrogens with zero attached hydrogens (tertiary/aromatic N) is 3. The molecule has 1 heterocycles. The van der Waals surface area contributed by atoms with Crippen LogP contribution in [-0.2, 0) is 26.2 Å². The lowest BCUT2D eigenvalue weighted by molar-refractivity contribution is -0.144. The molecule has 2 rings (SSSR count). The van der Waals surface area contributed by atoms with Crippen molar-refractivity contribution in [2.75, 3.05) is 20.8 Å². The zero-order chi connectivity index (χ0) is 11.6. The zero-order valence-corrected chi connectivity index (χ0v) is 9.47. The van der Waals surface area contributed by atoms with Crippen molar-refractivity contribution >= 4 is 5.97 Å². The number of esters is 1. The molecule has 0 aliphatic heterocycles. The Morgan fingerprint density at radius 2 is 2.31 bits per heavy atom. The van der Waals surface area contributed by atoms with E-state index in [0.717, 1.165) is 12.8 Å². The summed E-state index contributed by atoms with van der Waals surface area (Å²) in [6.45, 7) is 1.22. The molecule has 0 amide bonds. The van der Waals surface area contributed by atoms with Crippen molar-refractivity contribution in [2.45, 2.75) is 24.8 Å². The molecule has 1 saturated carbocycles. The molecule has 0 spiro atoms. The Morgan fingerprint density at radius 3 is 2.88 bits per heavy atom. The molecule has 6 heteroatoms. The zero-order valence-electron chi connectivity index (χ0n) is 9.47. The van der Waals surface area contributed by atoms with E-state index in [1.165, 1.54) is 7.11 Å². The third kappa shape index (κ3) is 1.69. The number of hydrogen-bond acceptors (Lipinski definition) is 5. The number of methoxy groups -OCH3 is 2. The first-order valence-corrected chi connectivity index (χ1v) is 5.20. The van der Waals surface area contributed by atoms with Crippen LogP contribution >= 0.6 is 0 Å². The minimum atomic E-state index is -0.557. The first-order valence-electron chi connectivity index (χ1n) is 5.20. The summed E-state index contributed by atoms with van der Waals surface area (Å²) < 4.78 is 11.7. The number of hydrogen-bond donors (Lipinski definition) is 0. The van der Waals surface area contributed by atoms with Crippen LogP contribution in [0.5, 0.6) is 0 Å². The van der Waals surface area contributed by atoms with E-state index >= 15 is 0 Å². The highest BCUT2D eigenvalue weighted by Gasteiger charge is 2.56. The smallest absolute Gasteiger partial charge is 0.319 e. The Bertz CT molecular complexity index is 384. The third-order valence-corrected chi connectivity index (χ3v) is 2.91. The average molecular weight is 225 g/mol. The molecule has 0 atom stereocenters. The van der Waals surface area contributed by atoms with Crippen molar-refractivity contribution in [3.05, 3.63) is 12.2 Å². The minimum absolute atomic E-state index is 0.223. The van der Waals surface area contributed by atoms with Gasteiger partial charge in [-0.3, -0.25) is 4.79 Å². The van der Waals surface area contributed by atoms with Crippen LogP contribution in [0, 0.1) is 0 Å². The van der Waals surface area contributed by atoms with Gasteiger partial charge in [-0.15, -0.1) is 10.2 Å². The molecule has 0 saturated heterocycles. The maximum Gasteiger partial charge on any atom is 0.319 e. The van der Waals surface area contributed by atoms with E-state index in [9.17, 15) is 4.79 Å². The molecule has 1 aromatic rings. The molecular formula is C10H15N3O3. The molecule has 0 radical (unpaired) electrons. The molecule has 88 valence electrons. The normalized spacial score (nSPS) is 17.1. The summed E-state index contributed by atoms with van der Waals surface area (Å²) in [4.78, 5) is 11.7. The van der Waals surface area contributed by atoms with Gasteiger partial charge in [0.25, 0.3) is 0 Å². The first kappa shape index (κ1) is 11.1. The summed E-state index contributed by atoms with van der Waals surface area (Å²) in [5.74, 6) is 0.468. The fourth-order valence-corrected chi connectivity index (χ4v) is 1.82. The van der Waals surface area contributed by atoms with Gasteiger partial charge < -0.3 is 14.0 Å². The standard InChI is InChI=1S/C10H15N3O3/c1-15-6-5-13-7-11-12-8(13)10(3-4-10)9(14)16-2/h7H,3-6H2,1-2H3. The summed E-state index contributed by atoms with van der Waals surface area (Å²) in [5.41, 5.74) is -0.557. The van der Waals surface area contributed by atoms with Crippen LogP contribution in [0.4, 0.5) is 0 Å². The van der Waals surface area contributed by atoms with E-state index in [1.807, 2.05) is 4.57 Å². The average Bonchev–Trinajstić information content (AvgIpc) is 2.98. The molecule has 1 fully saturated rings. The highest BCUT2D eigenvalue weighted by Crippen LogP contribution is 2.48. The number of carbonyl (C=O) groups is 1. The number of carbonyl (C=O) groups excluding carboxylic acids is 1. The molecular weight excluding hydrogens is 210 g/mol. The van der Waals surface area contributed by atoms with E-state index in [1.54, 1.807) is 13.4 Å². The van der Waals surface area contributed by atoms with Gasteiger partial charge in [-0.25, -0.2) is 0 Å². The summed E-state index contributed by atoms with van der Waals surface area (Å²) >= 11 is 0. The lowest BCUT2D eigenvalue weighted by Crippen LogP contribution is -2.26. The van der Waals surface area contributed by atoms with Crippen molar-refractivity contribution < 1.29 is 14.3 Å². The maximum absolute atomic E-state index is 11.7. The molecule has 1 aliphatic rings. The summed E-state index contributed by atoms with van der Waals surface area (Å²) in [5, 5.41) is 7.88. The molecule has 16 heavy (non-hydrogen) atoms. The Balaban J connectivity index is 2.20. The van der Waals surface area contributed by atoms with Crippen molar-refractivity contribution in [2.24, 2.45) is 0 Å². The van der Waals surface area contributed by atoms with Crippen LogP contribution in [0.25, 0.3) is 0 Å². The van der Waals surface area contributed by atoms with Gasteiger partial charge in [0.2, 0.25) is 0 Å². The molecule has 0 aromatic carbocycles. The van der Waals surface area contributed by atoms with E-state index in [-0.39, 0.29) is 5.97 Å². The van der Waals surface area contributed by atoms with Gasteiger partial charge in [-0.2, -0.15) is 0 Å². The van der Waals surface area contributed by atoms with E-state index < -0.39 is 5.41 Å². The van der Waals surface area contributed by atoms with Gasteiger partial charge in [0, 0.05) is 13.7 Å². The quantitative estimate of drug-likeness (QED) is 0.666. The highest BCUT2D eigenvalue weighted by molar-refractivity contribution is 5.85. The number of aromatic nitrogens is 3. The number of ether oxygens (including phenoxy) is 2. The van der Waals surface area contributed by atoms with E-state index in [0.29, 0.717) is 19.0 Å². The Hall–Kier alpha value is -1.43. The first-order chi connectivity index (χ1) is 7.74. The maximum atomic E-state index is 11.7. The van der Waals surface area contributed by atoms with Crippen LogP contribution in [0.1, 0.15) is 18.7 Å². The second kappa shape index (κ2) is 4.21. The minimum Gasteiger partial charge on any atom is -0.468 e. The van der Waals surface area contributed by atoms with Gasteiger partial charge in [-0.05, 0) is 12.8 Å². The molecule has 6 nitrogen and oxygen atoms in total. The van der Waals surface area contributed by atoms with Crippen molar-refractivity contribution in [3.63, 3.8) is 0 Å². The summed E-state index contributed by atoms with van der Waals surface area (Å²) in [6, 6.07) is 0. The molecule has 1 aliphatic carbocycles. The summed E-state index contributed by atoms with van der Waals surface area (Å²) in [7, 11) is 3.04. The SMILES string of the molecule is COCCn1cnnc1C1(C(=O)OC)CC1. The lowest BCUT2D eigenvalue weighted by atomic mass is 10.1. The van der Waals surface area contributed by atoms with Crippen LogP contribution in [0.3, 0.4) is 0 Å². The number of rotatable bonds is 5. The topological polar surface area (TPSA) is 66.2 Å². The third-order valence-electron chi connectivity index (χ3n) is 2.91. The fraction of sp³-hybridized carbons (Fsp3) is 0.700. The van der Waals surface area contributed by atoms with Gasteiger partial charge in [0.1, 0.15) is 17.6 Å². The predicted molar refractivity (Wildman–Crippen MR) is 54.8 cm³/mol. The summed E-state index contributed by atoms with van der Waals surface area (Å²) in [6.07, 6.45) is 3.19. The molecule has 0 unspecified atom stereocenters. The monoisotopic (exact) mass is 225 g/mol. The fourth-order valence-electron chi connectivity index (χ4n) is 1.82. The van der Waals surface area contributed by atoms with Gasteiger partial charge >= 0.3 is 5.97 Å². The van der Waals surface area contributed by atoms with Gasteiger partial charge in [-0.1, -0.05) is 0 Å². The Kier molecular flexibility index (Phi) is 2.91. The van der Waals surface area contributed by atoms with Crippen molar-refractivity contribution in [1.29, 1.82) is 0 Å². The highest BCUT2D eigenvalue weighted by atomic mass is 16.5. The van der Waals surface area contributed by atoms with Crippen LogP contribution in [-0.4, -0.2) is 41.6 Å². The Labute approximate surface area is 93.6 Å². The second-order valence-electron chi connectivity index (χ2n) is 3.91. The Morgan fingerprint density at radius 1 is 1.56 bits per heavy atom. The second-order valence-corrected chi connectivity index (χ2v) is 3.91. The van der Waals surface area contributed by atoms with Gasteiger partial charge in [0.05, 0.1) is 13.7 Å².